The van der Waals surface area contributed by atoms with Crippen molar-refractivity contribution in [3.63, 3.8) is 0 Å². The molecule has 2 heterocycles. The van der Waals surface area contributed by atoms with Crippen LogP contribution < -0.4 is 4.90 Å². The summed E-state index contributed by atoms with van der Waals surface area (Å²) in [4.78, 5) is 22.9. The number of benzene rings is 2. The predicted octanol–water partition coefficient (Wildman–Crippen LogP) is 5.67. The van der Waals surface area contributed by atoms with Gasteiger partial charge in [-0.3, -0.25) is 4.79 Å². The number of nitrogens with zero attached hydrogens (tertiary/aromatic N) is 3. The van der Waals surface area contributed by atoms with E-state index in [2.05, 4.69) is 5.16 Å². The lowest BCUT2D eigenvalue weighted by atomic mass is 10.0. The Hall–Kier alpha value is -3.33. The van der Waals surface area contributed by atoms with Crippen LogP contribution in [0.25, 0.3) is 0 Å². The molecule has 0 saturated heterocycles. The van der Waals surface area contributed by atoms with Crippen molar-refractivity contribution in [2.24, 2.45) is 5.16 Å². The molecule has 1 aliphatic heterocycles. The molecular weight excluding hydrogens is 463 g/mol. The molecule has 4 rings (SSSR count). The topological polar surface area (TPSA) is 45.1 Å². The van der Waals surface area contributed by atoms with Crippen LogP contribution in [0.3, 0.4) is 0 Å². The van der Waals surface area contributed by atoms with Gasteiger partial charge in [-0.05, 0) is 46.8 Å². The second-order valence-corrected chi connectivity index (χ2v) is 9.22. The van der Waals surface area contributed by atoms with E-state index in [1.54, 1.807) is 17.0 Å². The van der Waals surface area contributed by atoms with E-state index in [4.69, 9.17) is 4.84 Å². The Labute approximate surface area is 200 Å². The molecule has 1 amide bonds. The normalized spacial score (nSPS) is 15.6. The molecule has 34 heavy (non-hydrogen) atoms. The average Bonchev–Trinajstić information content (AvgIpc) is 3.51. The molecule has 1 atom stereocenters. The molecule has 0 spiro atoms. The Morgan fingerprint density at radius 2 is 1.79 bits per heavy atom. The first kappa shape index (κ1) is 23.8. The summed E-state index contributed by atoms with van der Waals surface area (Å²) in [6.45, 7) is 0.433. The predicted molar refractivity (Wildman–Crippen MR) is 127 cm³/mol. The molecule has 0 saturated carbocycles. The van der Waals surface area contributed by atoms with Gasteiger partial charge in [0.1, 0.15) is 0 Å². The number of halogens is 3. The molecule has 0 aliphatic carbocycles. The second kappa shape index (κ2) is 9.89. The van der Waals surface area contributed by atoms with E-state index < -0.39 is 11.7 Å². The Morgan fingerprint density at radius 1 is 1.09 bits per heavy atom. The minimum Gasteiger partial charge on any atom is -0.390 e. The first-order chi connectivity index (χ1) is 16.2. The third-order valence-electron chi connectivity index (χ3n) is 5.55. The minimum absolute atomic E-state index is 0.168. The van der Waals surface area contributed by atoms with Crippen LogP contribution in [0.5, 0.6) is 0 Å². The Morgan fingerprint density at radius 3 is 2.38 bits per heavy atom. The number of hydrogen-bond acceptors (Lipinski definition) is 5. The Kier molecular flexibility index (Phi) is 6.92. The van der Waals surface area contributed by atoms with Gasteiger partial charge >= 0.3 is 6.18 Å². The molecule has 0 N–H and O–H groups in total. The lowest BCUT2D eigenvalue weighted by molar-refractivity contribution is -0.137. The van der Waals surface area contributed by atoms with Gasteiger partial charge < -0.3 is 14.6 Å². The van der Waals surface area contributed by atoms with E-state index in [1.165, 1.54) is 23.5 Å². The van der Waals surface area contributed by atoms with Gasteiger partial charge in [-0.15, -0.1) is 11.3 Å². The van der Waals surface area contributed by atoms with Gasteiger partial charge in [0.05, 0.1) is 22.7 Å². The number of rotatable bonds is 7. The standard InChI is InChI=1S/C25H24F3N3O2S/c1-30(2)20-11-7-18(8-12-20)22-14-21(33-29-22)16-31(24(32)23-4-3-13-34-23)15-17-5-9-19(10-6-17)25(26,27)28/h3-13,21H,14-16H2,1-2H3/t21-/m0/s1. The van der Waals surface area contributed by atoms with Crippen LogP contribution in [-0.4, -0.2) is 43.3 Å². The minimum atomic E-state index is -4.40. The molecule has 178 valence electrons. The van der Waals surface area contributed by atoms with Gasteiger partial charge in [0, 0.05) is 32.7 Å². The maximum Gasteiger partial charge on any atom is 0.416 e. The van der Waals surface area contributed by atoms with Crippen LogP contribution in [0.4, 0.5) is 18.9 Å². The number of amides is 1. The summed E-state index contributed by atoms with van der Waals surface area (Å²) >= 11 is 1.32. The van der Waals surface area contributed by atoms with Crippen molar-refractivity contribution in [2.45, 2.75) is 25.2 Å². The molecule has 0 bridgehead atoms. The highest BCUT2D eigenvalue weighted by atomic mass is 32.1. The molecule has 0 fully saturated rings. The first-order valence-electron chi connectivity index (χ1n) is 10.7. The fraction of sp³-hybridized carbons (Fsp3) is 0.280. The van der Waals surface area contributed by atoms with Gasteiger partial charge in [-0.25, -0.2) is 0 Å². The van der Waals surface area contributed by atoms with Gasteiger partial charge in [0.15, 0.2) is 6.10 Å². The number of thiophene rings is 1. The third-order valence-corrected chi connectivity index (χ3v) is 6.41. The number of alkyl halides is 3. The van der Waals surface area contributed by atoms with E-state index >= 15 is 0 Å². The number of oxime groups is 1. The fourth-order valence-corrected chi connectivity index (χ4v) is 4.38. The Bertz CT molecular complexity index is 1140. The van der Waals surface area contributed by atoms with Crippen molar-refractivity contribution in [1.82, 2.24) is 4.90 Å². The van der Waals surface area contributed by atoms with E-state index in [1.807, 2.05) is 48.6 Å². The second-order valence-electron chi connectivity index (χ2n) is 8.27. The zero-order chi connectivity index (χ0) is 24.3. The van der Waals surface area contributed by atoms with Crippen molar-refractivity contribution in [2.75, 3.05) is 25.5 Å². The van der Waals surface area contributed by atoms with Gasteiger partial charge in [0.2, 0.25) is 0 Å². The van der Waals surface area contributed by atoms with Crippen molar-refractivity contribution >= 4 is 28.6 Å². The lowest BCUT2D eigenvalue weighted by Gasteiger charge is -2.24. The van der Waals surface area contributed by atoms with E-state index in [-0.39, 0.29) is 25.1 Å². The highest BCUT2D eigenvalue weighted by molar-refractivity contribution is 7.12. The molecule has 3 aromatic rings. The van der Waals surface area contributed by atoms with Crippen LogP contribution in [0.1, 0.15) is 32.8 Å². The molecule has 1 aliphatic rings. The zero-order valence-corrected chi connectivity index (χ0v) is 19.6. The number of hydrogen-bond donors (Lipinski definition) is 0. The fourth-order valence-electron chi connectivity index (χ4n) is 3.69. The monoisotopic (exact) mass is 487 g/mol. The SMILES string of the molecule is CN(C)c1ccc(C2=NO[C@H](CN(Cc3ccc(C(F)(F)F)cc3)C(=O)c3cccs3)C2)cc1. The highest BCUT2D eigenvalue weighted by Crippen LogP contribution is 2.29. The average molecular weight is 488 g/mol. The summed E-state index contributed by atoms with van der Waals surface area (Å²) in [7, 11) is 3.94. The van der Waals surface area contributed by atoms with Gasteiger partial charge in [-0.2, -0.15) is 13.2 Å². The molecule has 2 aromatic carbocycles. The summed E-state index contributed by atoms with van der Waals surface area (Å²) in [6, 6.07) is 16.4. The van der Waals surface area contributed by atoms with Crippen molar-refractivity contribution in [3.05, 3.63) is 87.6 Å². The maximum absolute atomic E-state index is 13.1. The van der Waals surface area contributed by atoms with Gasteiger partial charge in [0.25, 0.3) is 5.91 Å². The largest absolute Gasteiger partial charge is 0.416 e. The van der Waals surface area contributed by atoms with E-state index in [0.717, 1.165) is 29.1 Å². The zero-order valence-electron chi connectivity index (χ0n) is 18.7. The summed E-state index contributed by atoms with van der Waals surface area (Å²) < 4.78 is 38.7. The quantitative estimate of drug-likeness (QED) is 0.432. The molecule has 5 nitrogen and oxygen atoms in total. The summed E-state index contributed by atoms with van der Waals surface area (Å²) in [6.07, 6.45) is -4.22. The number of carbonyl (C=O) groups is 1. The van der Waals surface area contributed by atoms with Crippen molar-refractivity contribution < 1.29 is 22.8 Å². The van der Waals surface area contributed by atoms with Crippen LogP contribution in [0.2, 0.25) is 0 Å². The van der Waals surface area contributed by atoms with Crippen LogP contribution >= 0.6 is 11.3 Å². The van der Waals surface area contributed by atoms with E-state index in [0.29, 0.717) is 16.9 Å². The molecule has 1 aromatic heterocycles. The first-order valence-corrected chi connectivity index (χ1v) is 11.6. The summed E-state index contributed by atoms with van der Waals surface area (Å²) in [5, 5.41) is 6.04. The maximum atomic E-state index is 13.1. The van der Waals surface area contributed by atoms with Gasteiger partial charge in [-0.1, -0.05) is 35.5 Å². The smallest absolute Gasteiger partial charge is 0.390 e. The van der Waals surface area contributed by atoms with Crippen molar-refractivity contribution in [1.29, 1.82) is 0 Å². The molecule has 9 heteroatoms. The van der Waals surface area contributed by atoms with Crippen molar-refractivity contribution in [3.8, 4) is 0 Å². The highest BCUT2D eigenvalue weighted by Gasteiger charge is 2.31. The van der Waals surface area contributed by atoms with Crippen LogP contribution in [0.15, 0.2) is 71.2 Å². The third kappa shape index (κ3) is 5.59. The number of carbonyl (C=O) groups excluding carboxylic acids is 1. The van der Waals surface area contributed by atoms with Crippen LogP contribution in [0, 0.1) is 0 Å². The summed E-state index contributed by atoms with van der Waals surface area (Å²) in [5.74, 6) is -0.192. The number of anilines is 1. The summed E-state index contributed by atoms with van der Waals surface area (Å²) in [5.41, 5.74) is 2.71. The Balaban J connectivity index is 1.46. The molecular formula is C25H24F3N3O2S. The van der Waals surface area contributed by atoms with Crippen LogP contribution in [-0.2, 0) is 17.6 Å². The lowest BCUT2D eigenvalue weighted by Crippen LogP contribution is -2.37. The molecule has 0 radical (unpaired) electrons. The van der Waals surface area contributed by atoms with E-state index in [9.17, 15) is 18.0 Å². The molecule has 0 unspecified atom stereocenters.